The van der Waals surface area contributed by atoms with Crippen LogP contribution in [0.15, 0.2) is 34.3 Å². The Hall–Kier alpha value is -4.80. The first-order valence-electron chi connectivity index (χ1n) is 23.5. The number of aromatic nitrogens is 4. The third kappa shape index (κ3) is 9.01. The molecule has 356 valence electrons. The Morgan fingerprint density at radius 3 is 1.45 bits per heavy atom. The second kappa shape index (κ2) is 18.0. The SMILES string of the molecule is CC(C)n1nc(S(=O)(=O)NC(=O)Nc2c3c(cc4c2CCC4)CCC3)cc1C1(N(C)C)CC1.CC(C)n1nc(S(N)(=O)=O)cc1C1(N(C)C)CC1.N#COc1c2c(cc3c1CCC3)CCC2. The van der Waals surface area contributed by atoms with Gasteiger partial charge in [-0.3, -0.25) is 19.2 Å². The summed E-state index contributed by atoms with van der Waals surface area (Å²) < 4.78 is 60.1. The predicted octanol–water partition coefficient (Wildman–Crippen LogP) is 6.69. The van der Waals surface area contributed by atoms with Crippen molar-refractivity contribution in [3.05, 3.63) is 80.2 Å². The molecule has 0 aliphatic heterocycles. The van der Waals surface area contributed by atoms with E-state index in [9.17, 15) is 21.6 Å². The zero-order valence-electron chi connectivity index (χ0n) is 39.8. The van der Waals surface area contributed by atoms with Gasteiger partial charge in [0.25, 0.3) is 26.3 Å². The van der Waals surface area contributed by atoms with Crippen molar-refractivity contribution in [2.75, 3.05) is 33.5 Å². The molecule has 66 heavy (non-hydrogen) atoms. The first-order valence-corrected chi connectivity index (χ1v) is 26.5. The first-order chi connectivity index (χ1) is 31.2. The van der Waals surface area contributed by atoms with Crippen LogP contribution < -0.4 is 19.9 Å². The summed E-state index contributed by atoms with van der Waals surface area (Å²) in [5, 5.41) is 25.2. The predicted molar refractivity (Wildman–Crippen MR) is 252 cm³/mol. The quantitative estimate of drug-likeness (QED) is 0.135. The van der Waals surface area contributed by atoms with Gasteiger partial charge in [0.2, 0.25) is 0 Å². The van der Waals surface area contributed by atoms with E-state index in [4.69, 9.17) is 15.1 Å². The molecule has 18 heteroatoms. The maximum atomic E-state index is 13.1. The molecule has 4 N–H and O–H groups in total. The van der Waals surface area contributed by atoms with Crippen LogP contribution in [-0.2, 0) is 82.5 Å². The molecule has 10 rings (SSSR count). The van der Waals surface area contributed by atoms with E-state index in [-0.39, 0.29) is 33.2 Å². The Balaban J connectivity index is 0.000000150. The molecule has 6 aliphatic carbocycles. The zero-order valence-corrected chi connectivity index (χ0v) is 41.4. The minimum Gasteiger partial charge on any atom is -0.387 e. The van der Waals surface area contributed by atoms with Gasteiger partial charge in [-0.25, -0.2) is 23.1 Å². The number of nitrogens with two attached hydrogens (primary N) is 1. The van der Waals surface area contributed by atoms with Crippen molar-refractivity contribution in [1.29, 1.82) is 5.26 Å². The molecule has 2 fully saturated rings. The topological polar surface area (TPSA) is 211 Å². The number of benzene rings is 2. The summed E-state index contributed by atoms with van der Waals surface area (Å²) in [5.41, 5.74) is 12.7. The van der Waals surface area contributed by atoms with Crippen LogP contribution in [0.2, 0.25) is 0 Å². The van der Waals surface area contributed by atoms with E-state index in [1.165, 1.54) is 46.2 Å². The molecule has 2 amide bonds. The molecular weight excluding hydrogens is 877 g/mol. The highest BCUT2D eigenvalue weighted by atomic mass is 32.2. The van der Waals surface area contributed by atoms with Crippen LogP contribution in [0.4, 0.5) is 10.5 Å². The number of urea groups is 1. The normalized spacial score (nSPS) is 18.2. The number of hydrogen-bond acceptors (Lipinski definition) is 11. The average Bonchev–Trinajstić information content (AvgIpc) is 3.70. The Bertz CT molecular complexity index is 2750. The lowest BCUT2D eigenvalue weighted by atomic mass is 9.99. The number of carbonyl (C=O) groups excluding carboxylic acids is 1. The van der Waals surface area contributed by atoms with Gasteiger partial charge < -0.3 is 10.1 Å². The Morgan fingerprint density at radius 2 is 1.08 bits per heavy atom. The van der Waals surface area contributed by atoms with Gasteiger partial charge in [0, 0.05) is 29.9 Å². The molecular formula is C48H66N10O6S2. The van der Waals surface area contributed by atoms with Crippen molar-refractivity contribution < 1.29 is 26.4 Å². The number of nitrogens with zero attached hydrogens (tertiary/aromatic N) is 7. The summed E-state index contributed by atoms with van der Waals surface area (Å²) in [4.78, 5) is 17.1. The maximum Gasteiger partial charge on any atom is 0.333 e. The van der Waals surface area contributed by atoms with Crippen molar-refractivity contribution in [2.24, 2.45) is 5.14 Å². The molecule has 0 saturated heterocycles. The number of fused-ring (bicyclic) bond motifs is 4. The number of aryl methyl sites for hydroxylation is 4. The fourth-order valence-corrected chi connectivity index (χ4v) is 12.2. The Labute approximate surface area is 390 Å². The molecule has 0 radical (unpaired) electrons. The summed E-state index contributed by atoms with van der Waals surface area (Å²) >= 11 is 0. The number of carbonyl (C=O) groups is 1. The third-order valence-corrected chi connectivity index (χ3v) is 16.6. The Kier molecular flexibility index (Phi) is 13.0. The summed E-state index contributed by atoms with van der Waals surface area (Å²) in [6.45, 7) is 7.93. The van der Waals surface area contributed by atoms with E-state index in [1.807, 2.05) is 62.1 Å². The molecule has 0 bridgehead atoms. The van der Waals surface area contributed by atoms with E-state index in [0.717, 1.165) is 124 Å². The number of rotatable bonds is 11. The lowest BCUT2D eigenvalue weighted by Gasteiger charge is -2.25. The molecule has 6 aliphatic rings. The molecule has 2 saturated carbocycles. The minimum absolute atomic E-state index is 0.00435. The number of primary sulfonamides is 1. The minimum atomic E-state index is -4.11. The fraction of sp³-hybridized carbons (Fsp3) is 0.583. The highest BCUT2D eigenvalue weighted by Gasteiger charge is 2.51. The second-order valence-electron chi connectivity index (χ2n) is 19.9. The van der Waals surface area contributed by atoms with Crippen molar-refractivity contribution in [1.82, 2.24) is 34.1 Å². The van der Waals surface area contributed by atoms with E-state index in [2.05, 4.69) is 42.2 Å². The smallest absolute Gasteiger partial charge is 0.333 e. The molecule has 2 aromatic carbocycles. The lowest BCUT2D eigenvalue weighted by Crippen LogP contribution is -2.35. The van der Waals surface area contributed by atoms with E-state index >= 15 is 0 Å². The summed E-state index contributed by atoms with van der Waals surface area (Å²) in [6, 6.07) is 7.25. The molecule has 0 atom stereocenters. The molecule has 0 unspecified atom stereocenters. The second-order valence-corrected chi connectivity index (χ2v) is 23.0. The van der Waals surface area contributed by atoms with Gasteiger partial charge in [0.05, 0.1) is 22.5 Å². The van der Waals surface area contributed by atoms with E-state index in [0.29, 0.717) is 0 Å². The van der Waals surface area contributed by atoms with Crippen LogP contribution in [-0.4, -0.2) is 80.4 Å². The first kappa shape index (κ1) is 47.7. The van der Waals surface area contributed by atoms with Gasteiger partial charge in [0.15, 0.2) is 10.1 Å². The van der Waals surface area contributed by atoms with Crippen LogP contribution in [0, 0.1) is 11.5 Å². The molecule has 2 aromatic heterocycles. The van der Waals surface area contributed by atoms with Crippen LogP contribution >= 0.6 is 0 Å². The summed E-state index contributed by atoms with van der Waals surface area (Å²) in [5.74, 6) is 0.903. The number of hydrogen-bond donors (Lipinski definition) is 3. The largest absolute Gasteiger partial charge is 0.387 e. The van der Waals surface area contributed by atoms with Crippen LogP contribution in [0.3, 0.4) is 0 Å². The van der Waals surface area contributed by atoms with Gasteiger partial charge in [-0.1, -0.05) is 12.1 Å². The number of sulfonamides is 2. The third-order valence-electron chi connectivity index (χ3n) is 14.6. The monoisotopic (exact) mass is 942 g/mol. The van der Waals surface area contributed by atoms with Gasteiger partial charge in [0.1, 0.15) is 5.75 Å². The lowest BCUT2D eigenvalue weighted by molar-refractivity contribution is 0.254. The van der Waals surface area contributed by atoms with Crippen molar-refractivity contribution in [3.8, 4) is 12.0 Å². The standard InChI is InChI=1S/C24H33N5O3S.C13H13NO.C11H20N4O2S/c1-15(2)29-20(24(11-12-24)28(3)4)14-21(26-29)33(31,32)27-23(30)25-22-18-9-5-7-16(18)13-17-8-6-10-19(17)22;14-8-15-13-11-5-1-3-9(11)7-10-4-2-6-12(10)13;1-8(2)15-9(11(5-6-11)14(3)4)7-10(13-15)18(12,16)17/h13-15H,5-12H2,1-4H3,(H2,25,27,30);7H,1-6H2;7-8H,5-6H2,1-4H3,(H2,12,16,17). The Morgan fingerprint density at radius 1 is 0.682 bits per heavy atom. The number of nitrogens with one attached hydrogen (secondary N) is 2. The molecule has 2 heterocycles. The highest BCUT2D eigenvalue weighted by molar-refractivity contribution is 7.90. The maximum absolute atomic E-state index is 13.1. The molecule has 4 aromatic rings. The van der Waals surface area contributed by atoms with Gasteiger partial charge in [-0.15, -0.1) is 5.26 Å². The van der Waals surface area contributed by atoms with Gasteiger partial charge >= 0.3 is 6.03 Å². The van der Waals surface area contributed by atoms with Gasteiger partial charge in [-0.2, -0.15) is 18.6 Å². The number of ether oxygens (including phenoxy) is 1. The van der Waals surface area contributed by atoms with Crippen LogP contribution in [0.1, 0.15) is 147 Å². The van der Waals surface area contributed by atoms with Crippen molar-refractivity contribution >= 4 is 31.8 Å². The average molecular weight is 943 g/mol. The van der Waals surface area contributed by atoms with Crippen LogP contribution in [0.5, 0.6) is 5.75 Å². The van der Waals surface area contributed by atoms with Crippen LogP contribution in [0.25, 0.3) is 0 Å². The van der Waals surface area contributed by atoms with E-state index < -0.39 is 26.1 Å². The highest BCUT2D eigenvalue weighted by Crippen LogP contribution is 2.51. The van der Waals surface area contributed by atoms with Gasteiger partial charge in [-0.05, 0) is 203 Å². The molecule has 16 nitrogen and oxygen atoms in total. The van der Waals surface area contributed by atoms with E-state index in [1.54, 1.807) is 21.5 Å². The number of anilines is 1. The molecule has 0 spiro atoms. The van der Waals surface area contributed by atoms with Crippen molar-refractivity contribution in [3.63, 3.8) is 0 Å². The number of nitriles is 1. The zero-order chi connectivity index (χ0) is 47.5. The fourth-order valence-electron chi connectivity index (χ4n) is 10.8. The van der Waals surface area contributed by atoms with Crippen molar-refractivity contribution in [2.45, 2.75) is 164 Å². The summed E-state index contributed by atoms with van der Waals surface area (Å²) in [6.07, 6.45) is 18.7. The summed E-state index contributed by atoms with van der Waals surface area (Å²) in [7, 11) is 0.145. The number of amides is 2.